The second-order valence-electron chi connectivity index (χ2n) is 9.65. The number of carbonyl (C=O) groups excluding carboxylic acids is 2. The zero-order valence-electron chi connectivity index (χ0n) is 15.8. The fraction of sp³-hybridized carbons (Fsp3) is 0.810. The van der Waals surface area contributed by atoms with Crippen LogP contribution in [-0.2, 0) is 9.59 Å². The second-order valence-corrected chi connectivity index (χ2v) is 9.65. The number of ketones is 2. The third-order valence-electron chi connectivity index (χ3n) is 8.73. The Morgan fingerprint density at radius 3 is 2.69 bits per heavy atom. The molecule has 0 radical (unpaired) electrons. The first-order chi connectivity index (χ1) is 12.2. The van der Waals surface area contributed by atoms with E-state index in [0.29, 0.717) is 31.1 Å². The minimum atomic E-state index is -1.46. The van der Waals surface area contributed by atoms with Crippen molar-refractivity contribution in [2.24, 2.45) is 34.3 Å². The number of carbonyl (C=O) groups is 2. The molecule has 4 N–H and O–H groups in total. The summed E-state index contributed by atoms with van der Waals surface area (Å²) in [5, 5.41) is 20.6. The summed E-state index contributed by atoms with van der Waals surface area (Å²) in [4.78, 5) is 24.3. The average Bonchev–Trinajstić information content (AvgIpc) is 2.86. The summed E-state index contributed by atoms with van der Waals surface area (Å²) < 4.78 is 0. The number of rotatable bonds is 2. The predicted octanol–water partition coefficient (Wildman–Crippen LogP) is 1.75. The molecule has 0 spiro atoms. The molecule has 0 saturated heterocycles. The van der Waals surface area contributed by atoms with Gasteiger partial charge in [-0.05, 0) is 67.8 Å². The molecule has 0 bridgehead atoms. The van der Waals surface area contributed by atoms with Gasteiger partial charge in [-0.2, -0.15) is 0 Å². The summed E-state index contributed by atoms with van der Waals surface area (Å²) >= 11 is 0. The summed E-state index contributed by atoms with van der Waals surface area (Å²) in [7, 11) is 0. The second kappa shape index (κ2) is 5.73. The Morgan fingerprint density at radius 1 is 1.27 bits per heavy atom. The molecule has 0 aromatic heterocycles. The molecule has 0 aromatic rings. The lowest BCUT2D eigenvalue weighted by Gasteiger charge is -2.61. The van der Waals surface area contributed by atoms with Gasteiger partial charge in [-0.3, -0.25) is 9.59 Å². The summed E-state index contributed by atoms with van der Waals surface area (Å²) in [6.07, 6.45) is 7.01. The van der Waals surface area contributed by atoms with E-state index in [0.717, 1.165) is 25.7 Å². The smallest absolute Gasteiger partial charge is 0.190 e. The van der Waals surface area contributed by atoms with E-state index in [1.807, 2.05) is 13.0 Å². The zero-order chi connectivity index (χ0) is 18.9. The van der Waals surface area contributed by atoms with Gasteiger partial charge >= 0.3 is 0 Å². The minimum absolute atomic E-state index is 0.0424. The molecular weight excluding hydrogens is 330 g/mol. The summed E-state index contributed by atoms with van der Waals surface area (Å²) in [6.45, 7) is 3.66. The lowest BCUT2D eigenvalue weighted by atomic mass is 9.45. The molecule has 3 fully saturated rings. The molecule has 5 nitrogen and oxygen atoms in total. The van der Waals surface area contributed by atoms with Crippen molar-refractivity contribution >= 4 is 11.6 Å². The van der Waals surface area contributed by atoms with E-state index in [4.69, 9.17) is 5.73 Å². The van der Waals surface area contributed by atoms with Crippen LogP contribution in [0.2, 0.25) is 0 Å². The number of nitrogens with two attached hydrogens (primary N) is 1. The molecule has 0 aromatic carbocycles. The van der Waals surface area contributed by atoms with Crippen LogP contribution in [0.4, 0.5) is 0 Å². The first-order valence-corrected chi connectivity index (χ1v) is 10.0. The normalized spacial score (nSPS) is 50.5. The van der Waals surface area contributed by atoms with Crippen LogP contribution < -0.4 is 5.73 Å². The predicted molar refractivity (Wildman–Crippen MR) is 97.1 cm³/mol. The van der Waals surface area contributed by atoms with Crippen molar-refractivity contribution in [3.8, 4) is 0 Å². The highest BCUT2D eigenvalue weighted by Crippen LogP contribution is 2.67. The van der Waals surface area contributed by atoms with Gasteiger partial charge in [-0.15, -0.1) is 0 Å². The Balaban J connectivity index is 1.74. The average molecular weight is 361 g/mol. The number of fused-ring (bicyclic) bond motifs is 5. The molecule has 3 saturated carbocycles. The van der Waals surface area contributed by atoms with Gasteiger partial charge in [0.25, 0.3) is 0 Å². The molecular formula is C21H31NO4. The summed E-state index contributed by atoms with van der Waals surface area (Å²) in [5.41, 5.74) is 5.90. The highest BCUT2D eigenvalue weighted by atomic mass is 16.3. The number of aliphatic hydroxyl groups is 2. The summed E-state index contributed by atoms with van der Waals surface area (Å²) in [5.74, 6) is 0.664. The zero-order valence-corrected chi connectivity index (χ0v) is 15.8. The standard InChI is InChI=1S/C21H31NO4/c1-19-7-5-13(24)9-12(19)3-4-14-15-6-8-21(26,17(25)11-23)20(15,2)10-16(22)18(14)19/h9,14-16,18,23,26H,3-8,10-11,22H2,1-2H3/t14-,15-,16-,18+,19-,20-,21-/m0/s1. The van der Waals surface area contributed by atoms with Crippen molar-refractivity contribution in [2.75, 3.05) is 6.61 Å². The molecule has 0 heterocycles. The number of hydrogen-bond donors (Lipinski definition) is 3. The third-order valence-corrected chi connectivity index (χ3v) is 8.73. The number of hydrogen-bond acceptors (Lipinski definition) is 5. The molecule has 7 atom stereocenters. The van der Waals surface area contributed by atoms with Crippen LogP contribution in [0.15, 0.2) is 11.6 Å². The molecule has 0 aliphatic heterocycles. The van der Waals surface area contributed by atoms with Gasteiger partial charge in [0.05, 0.1) is 0 Å². The van der Waals surface area contributed by atoms with Crippen molar-refractivity contribution in [3.63, 3.8) is 0 Å². The highest BCUT2D eigenvalue weighted by molar-refractivity contribution is 5.91. The number of Topliss-reactive ketones (excluding diaryl/α,β-unsaturated/α-hetero) is 1. The maximum atomic E-state index is 12.4. The fourth-order valence-electron chi connectivity index (χ4n) is 7.42. The Labute approximate surface area is 155 Å². The van der Waals surface area contributed by atoms with Crippen molar-refractivity contribution in [1.82, 2.24) is 0 Å². The molecule has 0 unspecified atom stereocenters. The van der Waals surface area contributed by atoms with Crippen LogP contribution in [0.25, 0.3) is 0 Å². The Kier molecular flexibility index (Phi) is 4.04. The minimum Gasteiger partial charge on any atom is -0.388 e. The number of aliphatic hydroxyl groups excluding tert-OH is 1. The summed E-state index contributed by atoms with van der Waals surface area (Å²) in [6, 6.07) is -0.112. The van der Waals surface area contributed by atoms with Crippen molar-refractivity contribution in [3.05, 3.63) is 11.6 Å². The lowest BCUT2D eigenvalue weighted by Crippen LogP contribution is -2.63. The first kappa shape index (κ1) is 18.3. The maximum Gasteiger partial charge on any atom is 0.190 e. The van der Waals surface area contributed by atoms with Crippen molar-refractivity contribution < 1.29 is 19.8 Å². The van der Waals surface area contributed by atoms with E-state index in [-0.39, 0.29) is 23.2 Å². The molecule has 4 rings (SSSR count). The van der Waals surface area contributed by atoms with Crippen LogP contribution in [0.3, 0.4) is 0 Å². The lowest BCUT2D eigenvalue weighted by molar-refractivity contribution is -0.166. The molecule has 26 heavy (non-hydrogen) atoms. The Morgan fingerprint density at radius 2 is 2.00 bits per heavy atom. The molecule has 4 aliphatic carbocycles. The van der Waals surface area contributed by atoms with Gasteiger partial charge in [0.2, 0.25) is 0 Å². The van der Waals surface area contributed by atoms with Crippen LogP contribution >= 0.6 is 0 Å². The molecule has 0 amide bonds. The molecule has 144 valence electrons. The van der Waals surface area contributed by atoms with Gasteiger partial charge in [0, 0.05) is 17.9 Å². The maximum absolute atomic E-state index is 12.4. The monoisotopic (exact) mass is 361 g/mol. The van der Waals surface area contributed by atoms with E-state index in [1.165, 1.54) is 5.57 Å². The van der Waals surface area contributed by atoms with Crippen molar-refractivity contribution in [1.29, 1.82) is 0 Å². The van der Waals surface area contributed by atoms with Crippen LogP contribution in [0.1, 0.15) is 58.8 Å². The first-order valence-electron chi connectivity index (χ1n) is 10.0. The van der Waals surface area contributed by atoms with E-state index < -0.39 is 23.4 Å². The van der Waals surface area contributed by atoms with Crippen LogP contribution in [-0.4, -0.2) is 40.0 Å². The van der Waals surface area contributed by atoms with Gasteiger partial charge in [-0.25, -0.2) is 0 Å². The van der Waals surface area contributed by atoms with Gasteiger partial charge in [0.15, 0.2) is 11.6 Å². The Bertz CT molecular complexity index is 687. The quantitative estimate of drug-likeness (QED) is 0.696. The highest BCUT2D eigenvalue weighted by Gasteiger charge is 2.67. The molecule has 5 heteroatoms. The van der Waals surface area contributed by atoms with E-state index >= 15 is 0 Å². The Hall–Kier alpha value is -1.04. The van der Waals surface area contributed by atoms with E-state index in [9.17, 15) is 19.8 Å². The third kappa shape index (κ3) is 2.14. The topological polar surface area (TPSA) is 101 Å². The largest absolute Gasteiger partial charge is 0.388 e. The van der Waals surface area contributed by atoms with Crippen LogP contribution in [0.5, 0.6) is 0 Å². The molecule has 4 aliphatic rings. The van der Waals surface area contributed by atoms with Gasteiger partial charge in [0.1, 0.15) is 12.2 Å². The van der Waals surface area contributed by atoms with E-state index in [1.54, 1.807) is 0 Å². The van der Waals surface area contributed by atoms with Crippen molar-refractivity contribution in [2.45, 2.75) is 70.4 Å². The van der Waals surface area contributed by atoms with Gasteiger partial charge < -0.3 is 15.9 Å². The van der Waals surface area contributed by atoms with Gasteiger partial charge in [-0.1, -0.05) is 19.4 Å². The number of allylic oxidation sites excluding steroid dienone is 1. The fourth-order valence-corrected chi connectivity index (χ4v) is 7.42. The van der Waals surface area contributed by atoms with E-state index in [2.05, 4.69) is 6.92 Å². The van der Waals surface area contributed by atoms with Crippen LogP contribution in [0, 0.1) is 28.6 Å². The SMILES string of the molecule is C[C@]12CCC(=O)C=C1CC[C@@H]1[C@@H]2[C@@H](N)C[C@@]2(C)[C@H]1CC[C@]2(O)C(=O)CO.